The van der Waals surface area contributed by atoms with Gasteiger partial charge in [-0.25, -0.2) is 4.98 Å². The van der Waals surface area contributed by atoms with Crippen LogP contribution in [0.5, 0.6) is 0 Å². The lowest BCUT2D eigenvalue weighted by Gasteiger charge is -2.22. The van der Waals surface area contributed by atoms with E-state index >= 15 is 0 Å². The Morgan fingerprint density at radius 3 is 2.85 bits per heavy atom. The van der Waals surface area contributed by atoms with E-state index in [1.54, 1.807) is 24.3 Å². The summed E-state index contributed by atoms with van der Waals surface area (Å²) in [5.74, 6) is -0.629. The molecule has 3 rings (SSSR count). The normalized spacial score (nSPS) is 17.1. The molecule has 0 saturated carbocycles. The van der Waals surface area contributed by atoms with Crippen molar-refractivity contribution in [2.45, 2.75) is 32.4 Å². The van der Waals surface area contributed by atoms with Gasteiger partial charge in [-0.3, -0.25) is 23.9 Å². The van der Waals surface area contributed by atoms with E-state index in [-0.39, 0.29) is 24.6 Å². The van der Waals surface area contributed by atoms with E-state index in [2.05, 4.69) is 27.4 Å². The van der Waals surface area contributed by atoms with Crippen molar-refractivity contribution in [3.8, 4) is 0 Å². The molecule has 1 saturated heterocycles. The van der Waals surface area contributed by atoms with Crippen LogP contribution in [-0.4, -0.2) is 58.5 Å². The third-order valence-electron chi connectivity index (χ3n) is 4.93. The minimum atomic E-state index is -0.402. The predicted octanol–water partition coefficient (Wildman–Crippen LogP) is 0.113. The third kappa shape index (κ3) is 4.71. The second kappa shape index (κ2) is 8.77. The summed E-state index contributed by atoms with van der Waals surface area (Å²) in [6, 6.07) is 7.35. The zero-order valence-corrected chi connectivity index (χ0v) is 15.5. The molecule has 2 aromatic rings. The van der Waals surface area contributed by atoms with Crippen LogP contribution in [0.15, 0.2) is 35.4 Å². The molecule has 0 bridgehead atoms. The molecule has 0 aliphatic carbocycles. The Morgan fingerprint density at radius 2 is 2.04 bits per heavy atom. The van der Waals surface area contributed by atoms with Gasteiger partial charge in [0.1, 0.15) is 6.54 Å². The summed E-state index contributed by atoms with van der Waals surface area (Å²) in [5.41, 5.74) is 0.313. The highest BCUT2D eigenvalue weighted by Gasteiger charge is 2.23. The van der Waals surface area contributed by atoms with Gasteiger partial charge in [0.25, 0.3) is 5.56 Å². The van der Waals surface area contributed by atoms with Crippen LogP contribution in [0, 0.1) is 0 Å². The number of likely N-dealkylation sites (N-methyl/N-ethyl adjacent to an activating group) is 1. The lowest BCUT2D eigenvalue weighted by atomic mass is 10.2. The average molecular weight is 371 g/mol. The SMILES string of the molecule is CCN1CCCC1CNC(=O)CNC(=O)Cn1cnc2ccccc2c1=O. The molecule has 2 N–H and O–H groups in total. The Hall–Kier alpha value is -2.74. The number of aromatic nitrogens is 2. The highest BCUT2D eigenvalue weighted by Crippen LogP contribution is 2.15. The van der Waals surface area contributed by atoms with Gasteiger partial charge in [-0.1, -0.05) is 19.1 Å². The van der Waals surface area contributed by atoms with Gasteiger partial charge in [0.05, 0.1) is 23.8 Å². The number of benzene rings is 1. The maximum atomic E-state index is 12.4. The summed E-state index contributed by atoms with van der Waals surface area (Å²) in [6.45, 7) is 4.48. The highest BCUT2D eigenvalue weighted by molar-refractivity contribution is 5.84. The number of carbonyl (C=O) groups is 2. The smallest absolute Gasteiger partial charge is 0.261 e. The fourth-order valence-electron chi connectivity index (χ4n) is 3.44. The van der Waals surface area contributed by atoms with Crippen LogP contribution in [0.1, 0.15) is 19.8 Å². The monoisotopic (exact) mass is 371 g/mol. The molecule has 1 aliphatic heterocycles. The molecule has 1 aromatic carbocycles. The van der Waals surface area contributed by atoms with Gasteiger partial charge >= 0.3 is 0 Å². The molecule has 1 fully saturated rings. The number of likely N-dealkylation sites (tertiary alicyclic amines) is 1. The number of nitrogens with one attached hydrogen (secondary N) is 2. The van der Waals surface area contributed by atoms with Gasteiger partial charge in [0, 0.05) is 12.6 Å². The van der Waals surface area contributed by atoms with E-state index in [0.29, 0.717) is 23.5 Å². The zero-order chi connectivity index (χ0) is 19.2. The fourth-order valence-corrected chi connectivity index (χ4v) is 3.44. The molecule has 2 amide bonds. The first-order valence-electron chi connectivity index (χ1n) is 9.30. The molecule has 1 aromatic heterocycles. The lowest BCUT2D eigenvalue weighted by Crippen LogP contribution is -2.44. The molecule has 8 nitrogen and oxygen atoms in total. The summed E-state index contributed by atoms with van der Waals surface area (Å²) in [5, 5.41) is 5.88. The quantitative estimate of drug-likeness (QED) is 0.720. The Morgan fingerprint density at radius 1 is 1.22 bits per heavy atom. The van der Waals surface area contributed by atoms with Gasteiger partial charge in [-0.15, -0.1) is 0 Å². The van der Waals surface area contributed by atoms with E-state index in [4.69, 9.17) is 0 Å². The number of hydrogen-bond donors (Lipinski definition) is 2. The summed E-state index contributed by atoms with van der Waals surface area (Å²) >= 11 is 0. The zero-order valence-electron chi connectivity index (χ0n) is 15.5. The Labute approximate surface area is 157 Å². The molecule has 0 radical (unpaired) electrons. The van der Waals surface area contributed by atoms with Crippen LogP contribution >= 0.6 is 0 Å². The molecule has 8 heteroatoms. The largest absolute Gasteiger partial charge is 0.353 e. The van der Waals surface area contributed by atoms with Gasteiger partial charge in [0.2, 0.25) is 11.8 Å². The molecule has 1 unspecified atom stereocenters. The first-order valence-corrected chi connectivity index (χ1v) is 9.30. The minimum Gasteiger partial charge on any atom is -0.353 e. The summed E-state index contributed by atoms with van der Waals surface area (Å²) in [6.07, 6.45) is 3.59. The van der Waals surface area contributed by atoms with E-state index < -0.39 is 5.91 Å². The van der Waals surface area contributed by atoms with Crippen molar-refractivity contribution in [1.82, 2.24) is 25.1 Å². The highest BCUT2D eigenvalue weighted by atomic mass is 16.2. The molecular weight excluding hydrogens is 346 g/mol. The molecule has 0 spiro atoms. The van der Waals surface area contributed by atoms with Crippen molar-refractivity contribution in [3.05, 3.63) is 40.9 Å². The number of hydrogen-bond acceptors (Lipinski definition) is 5. The van der Waals surface area contributed by atoms with Crippen molar-refractivity contribution in [2.24, 2.45) is 0 Å². The number of nitrogens with zero attached hydrogens (tertiary/aromatic N) is 3. The van der Waals surface area contributed by atoms with Gasteiger partial charge in [0.15, 0.2) is 0 Å². The summed E-state index contributed by atoms with van der Waals surface area (Å²) in [7, 11) is 0. The van der Waals surface area contributed by atoms with Crippen LogP contribution in [-0.2, 0) is 16.1 Å². The summed E-state index contributed by atoms with van der Waals surface area (Å²) in [4.78, 5) is 42.9. The standard InChI is InChI=1S/C19H25N5O3/c1-2-23-9-5-6-14(23)10-20-17(25)11-21-18(26)12-24-13-22-16-8-4-3-7-15(16)19(24)27/h3-4,7-8,13-14H,2,5-6,9-12H2,1H3,(H,20,25)(H,21,26). The van der Waals surface area contributed by atoms with Crippen molar-refractivity contribution >= 4 is 22.7 Å². The molecule has 144 valence electrons. The predicted molar refractivity (Wildman–Crippen MR) is 102 cm³/mol. The van der Waals surface area contributed by atoms with Gasteiger partial charge in [-0.2, -0.15) is 0 Å². The van der Waals surface area contributed by atoms with Gasteiger partial charge < -0.3 is 10.6 Å². The number of rotatable bonds is 7. The molecule has 1 aliphatic rings. The van der Waals surface area contributed by atoms with Crippen molar-refractivity contribution in [1.29, 1.82) is 0 Å². The van der Waals surface area contributed by atoms with Crippen LogP contribution in [0.25, 0.3) is 10.9 Å². The second-order valence-electron chi connectivity index (χ2n) is 6.70. The summed E-state index contributed by atoms with van der Waals surface area (Å²) < 4.78 is 1.24. The first-order chi connectivity index (χ1) is 13.1. The van der Waals surface area contributed by atoms with Crippen LogP contribution in [0.3, 0.4) is 0 Å². The molecule has 1 atom stereocenters. The van der Waals surface area contributed by atoms with E-state index in [1.165, 1.54) is 10.9 Å². The molecular formula is C19H25N5O3. The van der Waals surface area contributed by atoms with Crippen molar-refractivity contribution < 1.29 is 9.59 Å². The van der Waals surface area contributed by atoms with Crippen molar-refractivity contribution in [3.63, 3.8) is 0 Å². The van der Waals surface area contributed by atoms with E-state index in [9.17, 15) is 14.4 Å². The van der Waals surface area contributed by atoms with E-state index in [1.807, 2.05) is 0 Å². The topological polar surface area (TPSA) is 96.3 Å². The number of fused-ring (bicyclic) bond motifs is 1. The number of carbonyl (C=O) groups excluding carboxylic acids is 2. The maximum Gasteiger partial charge on any atom is 0.261 e. The average Bonchev–Trinajstić information content (AvgIpc) is 3.15. The van der Waals surface area contributed by atoms with Gasteiger partial charge in [-0.05, 0) is 38.1 Å². The molecule has 2 heterocycles. The number of amides is 2. The number of para-hydroxylation sites is 1. The van der Waals surface area contributed by atoms with Crippen molar-refractivity contribution in [2.75, 3.05) is 26.2 Å². The second-order valence-corrected chi connectivity index (χ2v) is 6.70. The van der Waals surface area contributed by atoms with Crippen LogP contribution in [0.2, 0.25) is 0 Å². The fraction of sp³-hybridized carbons (Fsp3) is 0.474. The third-order valence-corrected chi connectivity index (χ3v) is 4.93. The molecule has 27 heavy (non-hydrogen) atoms. The Bertz CT molecular complexity index is 879. The minimum absolute atomic E-state index is 0.104. The van der Waals surface area contributed by atoms with Crippen LogP contribution < -0.4 is 16.2 Å². The van der Waals surface area contributed by atoms with E-state index in [0.717, 1.165) is 25.9 Å². The van der Waals surface area contributed by atoms with Crippen LogP contribution in [0.4, 0.5) is 0 Å². The lowest BCUT2D eigenvalue weighted by molar-refractivity contribution is -0.126. The maximum absolute atomic E-state index is 12.4. The first kappa shape index (κ1) is 19.0. The Balaban J connectivity index is 1.47. The Kier molecular flexibility index (Phi) is 6.18.